The Morgan fingerprint density at radius 3 is 2.70 bits per heavy atom. The standard InChI is InChI=1S/C23H23N3O3S/c1-14-6-4-7-18(15(14)2)25-22(27)20-12-30-13-26(20)23(28)17-9-10-19(24-16(17)3)21-8-5-11-29-21/h4-11,20H,12-13H2,1-3H3,(H,25,27). The van der Waals surface area contributed by atoms with Crippen LogP contribution in [0.25, 0.3) is 11.5 Å². The van der Waals surface area contributed by atoms with Crippen LogP contribution in [-0.4, -0.2) is 39.4 Å². The molecule has 1 aliphatic heterocycles. The molecule has 7 heteroatoms. The number of pyridine rings is 1. The Morgan fingerprint density at radius 1 is 1.13 bits per heavy atom. The average molecular weight is 422 g/mol. The van der Waals surface area contributed by atoms with Crippen molar-refractivity contribution in [3.8, 4) is 11.5 Å². The van der Waals surface area contributed by atoms with Gasteiger partial charge >= 0.3 is 0 Å². The van der Waals surface area contributed by atoms with Crippen LogP contribution >= 0.6 is 11.8 Å². The van der Waals surface area contributed by atoms with Crippen LogP contribution in [0.4, 0.5) is 5.69 Å². The third-order valence-corrected chi connectivity index (χ3v) is 6.41. The summed E-state index contributed by atoms with van der Waals surface area (Å²) in [4.78, 5) is 32.3. The number of thioether (sulfide) groups is 1. The molecule has 2 aromatic heterocycles. The second-order valence-corrected chi connectivity index (χ2v) is 8.33. The molecule has 1 atom stereocenters. The zero-order valence-electron chi connectivity index (χ0n) is 17.1. The lowest BCUT2D eigenvalue weighted by atomic mass is 10.1. The van der Waals surface area contributed by atoms with Crippen LogP contribution < -0.4 is 5.32 Å². The molecule has 4 rings (SSSR count). The van der Waals surface area contributed by atoms with Crippen molar-refractivity contribution in [1.82, 2.24) is 9.88 Å². The summed E-state index contributed by atoms with van der Waals surface area (Å²) in [6, 6.07) is 12.4. The van der Waals surface area contributed by atoms with Crippen LogP contribution in [0.15, 0.2) is 53.1 Å². The molecule has 1 aromatic carbocycles. The molecule has 0 saturated carbocycles. The number of nitrogens with zero attached hydrogens (tertiary/aromatic N) is 2. The fourth-order valence-electron chi connectivity index (χ4n) is 3.47. The molecule has 1 fully saturated rings. The van der Waals surface area contributed by atoms with Crippen molar-refractivity contribution < 1.29 is 14.0 Å². The van der Waals surface area contributed by atoms with Crippen LogP contribution in [0.2, 0.25) is 0 Å². The summed E-state index contributed by atoms with van der Waals surface area (Å²) in [7, 11) is 0. The molecular formula is C23H23N3O3S. The van der Waals surface area contributed by atoms with Gasteiger partial charge < -0.3 is 14.6 Å². The molecule has 0 bridgehead atoms. The predicted molar refractivity (Wildman–Crippen MR) is 119 cm³/mol. The number of nitrogens with one attached hydrogen (secondary N) is 1. The van der Waals surface area contributed by atoms with Crippen molar-refractivity contribution in [1.29, 1.82) is 0 Å². The van der Waals surface area contributed by atoms with Crippen LogP contribution in [0.3, 0.4) is 0 Å². The van der Waals surface area contributed by atoms with E-state index >= 15 is 0 Å². The molecule has 0 aliphatic carbocycles. The molecule has 6 nitrogen and oxygen atoms in total. The number of hydrogen-bond donors (Lipinski definition) is 1. The monoisotopic (exact) mass is 421 g/mol. The molecular weight excluding hydrogens is 398 g/mol. The van der Waals surface area contributed by atoms with Gasteiger partial charge in [0.1, 0.15) is 11.7 Å². The summed E-state index contributed by atoms with van der Waals surface area (Å²) >= 11 is 1.58. The lowest BCUT2D eigenvalue weighted by Gasteiger charge is -2.24. The minimum Gasteiger partial charge on any atom is -0.463 e. The molecule has 3 aromatic rings. The summed E-state index contributed by atoms with van der Waals surface area (Å²) in [5.41, 5.74) is 4.71. The summed E-state index contributed by atoms with van der Waals surface area (Å²) in [6.07, 6.45) is 1.59. The Hall–Kier alpha value is -3.06. The maximum Gasteiger partial charge on any atom is 0.257 e. The third kappa shape index (κ3) is 3.85. The molecule has 0 spiro atoms. The zero-order chi connectivity index (χ0) is 21.3. The van der Waals surface area contributed by atoms with Crippen molar-refractivity contribution in [2.24, 2.45) is 0 Å². The summed E-state index contributed by atoms with van der Waals surface area (Å²) in [5.74, 6) is 1.35. The number of aryl methyl sites for hydroxylation is 2. The van der Waals surface area contributed by atoms with Gasteiger partial charge in [-0.25, -0.2) is 4.98 Å². The van der Waals surface area contributed by atoms with E-state index in [4.69, 9.17) is 4.42 Å². The Balaban J connectivity index is 1.53. The minimum absolute atomic E-state index is 0.167. The van der Waals surface area contributed by atoms with Gasteiger partial charge in [0.05, 0.1) is 23.4 Å². The molecule has 30 heavy (non-hydrogen) atoms. The van der Waals surface area contributed by atoms with Crippen LogP contribution in [0.5, 0.6) is 0 Å². The average Bonchev–Trinajstić information content (AvgIpc) is 3.43. The second kappa shape index (κ2) is 8.36. The summed E-state index contributed by atoms with van der Waals surface area (Å²) < 4.78 is 5.38. The van der Waals surface area contributed by atoms with Gasteiger partial charge in [-0.15, -0.1) is 11.8 Å². The SMILES string of the molecule is Cc1cccc(NC(=O)C2CSCN2C(=O)c2ccc(-c3ccco3)nc2C)c1C. The lowest BCUT2D eigenvalue weighted by Crippen LogP contribution is -2.44. The fourth-order valence-corrected chi connectivity index (χ4v) is 4.62. The van der Waals surface area contributed by atoms with Crippen LogP contribution in [-0.2, 0) is 4.79 Å². The highest BCUT2D eigenvalue weighted by Gasteiger charge is 2.36. The van der Waals surface area contributed by atoms with E-state index in [2.05, 4.69) is 10.3 Å². The van der Waals surface area contributed by atoms with Crippen molar-refractivity contribution in [2.45, 2.75) is 26.8 Å². The number of furan rings is 1. The van der Waals surface area contributed by atoms with Crippen molar-refractivity contribution in [2.75, 3.05) is 16.9 Å². The number of anilines is 1. The number of aromatic nitrogens is 1. The van der Waals surface area contributed by atoms with E-state index in [1.165, 1.54) is 0 Å². The van der Waals surface area contributed by atoms with Gasteiger partial charge in [0.15, 0.2) is 5.76 Å². The molecule has 154 valence electrons. The highest BCUT2D eigenvalue weighted by Crippen LogP contribution is 2.27. The smallest absolute Gasteiger partial charge is 0.257 e. The van der Waals surface area contributed by atoms with E-state index in [1.807, 2.05) is 38.1 Å². The highest BCUT2D eigenvalue weighted by molar-refractivity contribution is 7.99. The van der Waals surface area contributed by atoms with E-state index in [1.54, 1.807) is 48.0 Å². The molecule has 1 aliphatic rings. The van der Waals surface area contributed by atoms with Gasteiger partial charge in [0.2, 0.25) is 5.91 Å². The van der Waals surface area contributed by atoms with E-state index < -0.39 is 6.04 Å². The maximum absolute atomic E-state index is 13.2. The molecule has 1 saturated heterocycles. The Kier molecular flexibility index (Phi) is 5.63. The van der Waals surface area contributed by atoms with Gasteiger partial charge in [-0.2, -0.15) is 0 Å². The van der Waals surface area contributed by atoms with Gasteiger partial charge in [-0.3, -0.25) is 9.59 Å². The summed E-state index contributed by atoms with van der Waals surface area (Å²) in [5, 5.41) is 3.00. The quantitative estimate of drug-likeness (QED) is 0.675. The second-order valence-electron chi connectivity index (χ2n) is 7.33. The van der Waals surface area contributed by atoms with Crippen molar-refractivity contribution in [3.63, 3.8) is 0 Å². The maximum atomic E-state index is 13.2. The Morgan fingerprint density at radius 2 is 1.97 bits per heavy atom. The predicted octanol–water partition coefficient (Wildman–Crippen LogP) is 4.42. The highest BCUT2D eigenvalue weighted by atomic mass is 32.2. The molecule has 0 radical (unpaired) electrons. The van der Waals surface area contributed by atoms with Crippen LogP contribution in [0, 0.1) is 20.8 Å². The fraction of sp³-hybridized carbons (Fsp3) is 0.261. The van der Waals surface area contributed by atoms with Crippen LogP contribution in [0.1, 0.15) is 27.2 Å². The normalized spacial score (nSPS) is 16.0. The number of carbonyl (C=O) groups is 2. The van der Waals surface area contributed by atoms with Gasteiger partial charge in [-0.05, 0) is 62.2 Å². The van der Waals surface area contributed by atoms with Crippen molar-refractivity contribution in [3.05, 3.63) is 71.1 Å². The van der Waals surface area contributed by atoms with E-state index in [0.717, 1.165) is 16.8 Å². The lowest BCUT2D eigenvalue weighted by molar-refractivity contribution is -0.119. The van der Waals surface area contributed by atoms with E-state index in [0.29, 0.717) is 34.3 Å². The summed E-state index contributed by atoms with van der Waals surface area (Å²) in [6.45, 7) is 5.79. The zero-order valence-corrected chi connectivity index (χ0v) is 18.0. The largest absolute Gasteiger partial charge is 0.463 e. The first-order valence-electron chi connectivity index (χ1n) is 9.73. The number of benzene rings is 1. The molecule has 1 unspecified atom stereocenters. The van der Waals surface area contributed by atoms with Gasteiger partial charge in [0.25, 0.3) is 5.91 Å². The van der Waals surface area contributed by atoms with Crippen molar-refractivity contribution >= 4 is 29.3 Å². The number of hydrogen-bond acceptors (Lipinski definition) is 5. The Labute approximate surface area is 179 Å². The number of rotatable bonds is 4. The molecule has 3 heterocycles. The van der Waals surface area contributed by atoms with Gasteiger partial charge in [0, 0.05) is 11.4 Å². The number of carbonyl (C=O) groups excluding carboxylic acids is 2. The first-order valence-corrected chi connectivity index (χ1v) is 10.9. The van der Waals surface area contributed by atoms with Gasteiger partial charge in [-0.1, -0.05) is 12.1 Å². The molecule has 1 N–H and O–H groups in total. The van der Waals surface area contributed by atoms with E-state index in [-0.39, 0.29) is 11.8 Å². The number of amides is 2. The minimum atomic E-state index is -0.522. The topological polar surface area (TPSA) is 75.4 Å². The first-order chi connectivity index (χ1) is 14.5. The third-order valence-electron chi connectivity index (χ3n) is 5.40. The molecule has 2 amide bonds. The van der Waals surface area contributed by atoms with E-state index in [9.17, 15) is 9.59 Å². The Bertz CT molecular complexity index is 1100. The first kappa shape index (κ1) is 20.2.